The van der Waals surface area contributed by atoms with E-state index in [0.717, 1.165) is 42.3 Å². The molecule has 5 nitrogen and oxygen atoms in total. The van der Waals surface area contributed by atoms with E-state index in [2.05, 4.69) is 11.0 Å². The summed E-state index contributed by atoms with van der Waals surface area (Å²) in [5.74, 6) is 2.31. The van der Waals surface area contributed by atoms with Crippen LogP contribution in [0.1, 0.15) is 16.7 Å². The maximum absolute atomic E-state index is 10.4. The summed E-state index contributed by atoms with van der Waals surface area (Å²) in [7, 11) is 3.31. The van der Waals surface area contributed by atoms with Crippen LogP contribution in [0.5, 0.6) is 17.2 Å². The molecule has 1 heterocycles. The number of rotatable bonds is 7. The first-order chi connectivity index (χ1) is 12.6. The molecule has 2 aromatic rings. The maximum Gasteiger partial charge on any atom is 0.161 e. The van der Waals surface area contributed by atoms with Gasteiger partial charge < -0.3 is 19.3 Å². The lowest BCUT2D eigenvalue weighted by molar-refractivity contribution is 0.0637. The molecule has 0 fully saturated rings. The molecule has 1 N–H and O–H groups in total. The lowest BCUT2D eigenvalue weighted by atomic mass is 9.98. The predicted octanol–water partition coefficient (Wildman–Crippen LogP) is 3.23. The van der Waals surface area contributed by atoms with E-state index in [9.17, 15) is 5.11 Å². The molecular weight excluding hydrogens is 366 g/mol. The second kappa shape index (κ2) is 9.83. The maximum atomic E-state index is 10.4. The Balaban J connectivity index is 0.00000261. The van der Waals surface area contributed by atoms with E-state index in [1.54, 1.807) is 14.2 Å². The molecule has 2 aromatic carbocycles. The van der Waals surface area contributed by atoms with Gasteiger partial charge in [-0.2, -0.15) is 0 Å². The molecule has 1 unspecified atom stereocenters. The lowest BCUT2D eigenvalue weighted by Gasteiger charge is -2.31. The third-order valence-corrected chi connectivity index (χ3v) is 4.70. The number of nitrogens with zero attached hydrogens (tertiary/aromatic N) is 1. The minimum atomic E-state index is -0.530. The number of aliphatic hydroxyl groups excluding tert-OH is 1. The first-order valence-electron chi connectivity index (χ1n) is 8.92. The van der Waals surface area contributed by atoms with Gasteiger partial charge in [0.1, 0.15) is 18.5 Å². The predicted molar refractivity (Wildman–Crippen MR) is 108 cm³/mol. The summed E-state index contributed by atoms with van der Waals surface area (Å²) < 4.78 is 16.5. The summed E-state index contributed by atoms with van der Waals surface area (Å²) >= 11 is 0. The van der Waals surface area contributed by atoms with Gasteiger partial charge in [0.05, 0.1) is 14.2 Å². The highest BCUT2D eigenvalue weighted by molar-refractivity contribution is 5.85. The van der Waals surface area contributed by atoms with Crippen LogP contribution in [-0.2, 0) is 13.0 Å². The van der Waals surface area contributed by atoms with Gasteiger partial charge in [-0.3, -0.25) is 4.90 Å². The Kier molecular flexibility index (Phi) is 7.78. The molecule has 0 amide bonds. The van der Waals surface area contributed by atoms with Crippen molar-refractivity contribution in [3.63, 3.8) is 0 Å². The van der Waals surface area contributed by atoms with Crippen molar-refractivity contribution in [2.75, 3.05) is 33.9 Å². The monoisotopic (exact) mass is 393 g/mol. The van der Waals surface area contributed by atoms with Gasteiger partial charge in [0.2, 0.25) is 0 Å². The lowest BCUT2D eigenvalue weighted by Crippen LogP contribution is -2.38. The van der Waals surface area contributed by atoms with Crippen LogP contribution in [0.15, 0.2) is 36.4 Å². The summed E-state index contributed by atoms with van der Waals surface area (Å²) in [5, 5.41) is 10.4. The van der Waals surface area contributed by atoms with Crippen molar-refractivity contribution < 1.29 is 19.3 Å². The molecule has 1 aliphatic heterocycles. The standard InChI is InChI=1S/C21H27NO4.ClH/c1-15-5-4-6-19(9-15)26-14-18(23)13-22-8-7-16-10-20(24-2)21(25-3)11-17(16)12-22;/h4-6,9-11,18,23H,7-8,12-14H2,1-3H3;1H. The molecule has 148 valence electrons. The summed E-state index contributed by atoms with van der Waals surface area (Å²) in [4.78, 5) is 2.25. The molecule has 0 spiro atoms. The van der Waals surface area contributed by atoms with Crippen LogP contribution in [0.25, 0.3) is 0 Å². The molecule has 0 radical (unpaired) electrons. The van der Waals surface area contributed by atoms with E-state index in [4.69, 9.17) is 14.2 Å². The van der Waals surface area contributed by atoms with Crippen LogP contribution in [0, 0.1) is 6.92 Å². The zero-order valence-electron chi connectivity index (χ0n) is 16.1. The third kappa shape index (κ3) is 5.51. The fourth-order valence-electron chi connectivity index (χ4n) is 3.35. The number of benzene rings is 2. The smallest absolute Gasteiger partial charge is 0.161 e. The van der Waals surface area contributed by atoms with E-state index < -0.39 is 6.10 Å². The van der Waals surface area contributed by atoms with Crippen molar-refractivity contribution in [2.24, 2.45) is 0 Å². The van der Waals surface area contributed by atoms with Crippen LogP contribution >= 0.6 is 12.4 Å². The van der Waals surface area contributed by atoms with Gasteiger partial charge >= 0.3 is 0 Å². The molecular formula is C21H28ClNO4. The van der Waals surface area contributed by atoms with E-state index in [0.29, 0.717) is 13.2 Å². The molecule has 3 rings (SSSR count). The minimum Gasteiger partial charge on any atom is -0.493 e. The molecule has 0 aromatic heterocycles. The summed E-state index contributed by atoms with van der Waals surface area (Å²) in [6, 6.07) is 12.0. The largest absolute Gasteiger partial charge is 0.493 e. The van der Waals surface area contributed by atoms with Crippen LogP contribution in [-0.4, -0.2) is 50.0 Å². The zero-order chi connectivity index (χ0) is 18.5. The number of aliphatic hydroxyl groups is 1. The Bertz CT molecular complexity index is 753. The first kappa shape index (κ1) is 21.4. The van der Waals surface area contributed by atoms with Crippen LogP contribution in [0.3, 0.4) is 0 Å². The minimum absolute atomic E-state index is 0. The van der Waals surface area contributed by atoms with Gasteiger partial charge in [-0.25, -0.2) is 0 Å². The van der Waals surface area contributed by atoms with Gasteiger partial charge in [-0.05, 0) is 54.3 Å². The number of β-amino-alcohol motifs (C(OH)–C–C–N with tert-alkyl or cyclic N) is 1. The normalized spacial score (nSPS) is 14.7. The molecule has 27 heavy (non-hydrogen) atoms. The quantitative estimate of drug-likeness (QED) is 0.782. The van der Waals surface area contributed by atoms with Crippen LogP contribution in [0.4, 0.5) is 0 Å². The number of fused-ring (bicyclic) bond motifs is 1. The van der Waals surface area contributed by atoms with Crippen molar-refractivity contribution in [3.05, 3.63) is 53.1 Å². The Labute approximate surface area is 167 Å². The average Bonchev–Trinajstić information content (AvgIpc) is 2.65. The van der Waals surface area contributed by atoms with Crippen LogP contribution < -0.4 is 14.2 Å². The molecule has 6 heteroatoms. The average molecular weight is 394 g/mol. The van der Waals surface area contributed by atoms with Crippen molar-refractivity contribution >= 4 is 12.4 Å². The molecule has 1 atom stereocenters. The van der Waals surface area contributed by atoms with E-state index in [-0.39, 0.29) is 12.4 Å². The van der Waals surface area contributed by atoms with Gasteiger partial charge in [-0.1, -0.05) is 12.1 Å². The highest BCUT2D eigenvalue weighted by Gasteiger charge is 2.21. The second-order valence-corrected chi connectivity index (χ2v) is 6.74. The fraction of sp³-hybridized carbons (Fsp3) is 0.429. The Morgan fingerprint density at radius 3 is 2.44 bits per heavy atom. The number of hydrogen-bond acceptors (Lipinski definition) is 5. The number of halogens is 1. The van der Waals surface area contributed by atoms with Gasteiger partial charge in [0.15, 0.2) is 11.5 Å². The van der Waals surface area contributed by atoms with Crippen molar-refractivity contribution in [1.29, 1.82) is 0 Å². The Morgan fingerprint density at radius 1 is 1.07 bits per heavy atom. The highest BCUT2D eigenvalue weighted by atomic mass is 35.5. The molecule has 1 aliphatic rings. The number of aryl methyl sites for hydroxylation is 1. The summed E-state index contributed by atoms with van der Waals surface area (Å²) in [6.07, 6.45) is 0.401. The second-order valence-electron chi connectivity index (χ2n) is 6.74. The third-order valence-electron chi connectivity index (χ3n) is 4.70. The highest BCUT2D eigenvalue weighted by Crippen LogP contribution is 2.33. The van der Waals surface area contributed by atoms with E-state index >= 15 is 0 Å². The molecule has 0 aliphatic carbocycles. The van der Waals surface area contributed by atoms with Gasteiger partial charge in [-0.15, -0.1) is 12.4 Å². The van der Waals surface area contributed by atoms with Crippen molar-refractivity contribution in [1.82, 2.24) is 4.90 Å². The van der Waals surface area contributed by atoms with Crippen molar-refractivity contribution in [2.45, 2.75) is 26.0 Å². The Hall–Kier alpha value is -1.95. The molecule has 0 saturated carbocycles. The van der Waals surface area contributed by atoms with E-state index in [1.807, 2.05) is 37.3 Å². The molecule has 0 saturated heterocycles. The van der Waals surface area contributed by atoms with E-state index in [1.165, 1.54) is 11.1 Å². The van der Waals surface area contributed by atoms with Gasteiger partial charge in [0, 0.05) is 19.6 Å². The van der Waals surface area contributed by atoms with Crippen molar-refractivity contribution in [3.8, 4) is 17.2 Å². The number of methoxy groups -OCH3 is 2. The zero-order valence-corrected chi connectivity index (χ0v) is 16.9. The summed E-state index contributed by atoms with van der Waals surface area (Å²) in [6.45, 7) is 4.59. The number of hydrogen-bond donors (Lipinski definition) is 1. The molecule has 0 bridgehead atoms. The summed E-state index contributed by atoms with van der Waals surface area (Å²) in [5.41, 5.74) is 3.65. The fourth-order valence-corrected chi connectivity index (χ4v) is 3.35. The topological polar surface area (TPSA) is 51.2 Å². The van der Waals surface area contributed by atoms with Gasteiger partial charge in [0.25, 0.3) is 0 Å². The first-order valence-corrected chi connectivity index (χ1v) is 8.92. The SMILES string of the molecule is COc1cc2c(cc1OC)CN(CC(O)COc1cccc(C)c1)CC2.Cl. The number of ether oxygens (including phenoxy) is 3. The van der Waals surface area contributed by atoms with Crippen LogP contribution in [0.2, 0.25) is 0 Å². The Morgan fingerprint density at radius 2 is 1.78 bits per heavy atom.